The summed E-state index contributed by atoms with van der Waals surface area (Å²) < 4.78 is 0. The fourth-order valence-electron chi connectivity index (χ4n) is 3.49. The van der Waals surface area contributed by atoms with Gasteiger partial charge in [-0.25, -0.2) is 0 Å². The molecule has 6 heteroatoms. The van der Waals surface area contributed by atoms with Gasteiger partial charge >= 0.3 is 5.97 Å². The van der Waals surface area contributed by atoms with Gasteiger partial charge in [0, 0.05) is 0 Å². The number of benzene rings is 3. The lowest BCUT2D eigenvalue weighted by Gasteiger charge is -2.34. The number of nitrogens with one attached hydrogen (secondary N) is 2. The van der Waals surface area contributed by atoms with Gasteiger partial charge in [0.05, 0.1) is 6.54 Å². The molecule has 0 atom stereocenters. The topological polar surface area (TPSA) is 95.5 Å². The van der Waals surface area contributed by atoms with Crippen LogP contribution in [0.5, 0.6) is 0 Å². The minimum absolute atomic E-state index is 0.333. The SMILES string of the molecule is O=C(O)CNC(=O)CNC(=O)C(c1ccccc1)(c1ccccc1)c1ccccc1. The van der Waals surface area contributed by atoms with Crippen LogP contribution in [0.3, 0.4) is 0 Å². The zero-order chi connectivity index (χ0) is 21.4. The molecule has 0 aliphatic carbocycles. The maximum absolute atomic E-state index is 13.7. The fourth-order valence-corrected chi connectivity index (χ4v) is 3.49. The van der Waals surface area contributed by atoms with Crippen LogP contribution in [0.2, 0.25) is 0 Å². The van der Waals surface area contributed by atoms with Crippen LogP contribution in [0.1, 0.15) is 16.7 Å². The normalized spacial score (nSPS) is 10.8. The molecule has 152 valence electrons. The first kappa shape index (κ1) is 20.8. The monoisotopic (exact) mass is 402 g/mol. The van der Waals surface area contributed by atoms with Gasteiger partial charge in [0.25, 0.3) is 0 Å². The van der Waals surface area contributed by atoms with Gasteiger partial charge in [-0.2, -0.15) is 0 Å². The lowest BCUT2D eigenvalue weighted by molar-refractivity contribution is -0.137. The number of carbonyl (C=O) groups excluding carboxylic acids is 2. The first-order valence-corrected chi connectivity index (χ1v) is 9.48. The van der Waals surface area contributed by atoms with Crippen molar-refractivity contribution in [1.82, 2.24) is 10.6 Å². The molecule has 6 nitrogen and oxygen atoms in total. The Balaban J connectivity index is 2.06. The highest BCUT2D eigenvalue weighted by Crippen LogP contribution is 2.39. The van der Waals surface area contributed by atoms with Gasteiger partial charge in [0.1, 0.15) is 12.0 Å². The van der Waals surface area contributed by atoms with Crippen LogP contribution < -0.4 is 10.6 Å². The maximum Gasteiger partial charge on any atom is 0.322 e. The molecule has 0 fully saturated rings. The summed E-state index contributed by atoms with van der Waals surface area (Å²) in [5.41, 5.74) is 1.08. The van der Waals surface area contributed by atoms with Crippen molar-refractivity contribution in [3.05, 3.63) is 108 Å². The summed E-state index contributed by atoms with van der Waals surface area (Å²) in [6.45, 7) is -0.837. The molecule has 3 rings (SSSR count). The van der Waals surface area contributed by atoms with Crippen LogP contribution in [-0.4, -0.2) is 36.0 Å². The van der Waals surface area contributed by atoms with Gasteiger partial charge in [-0.3, -0.25) is 14.4 Å². The zero-order valence-corrected chi connectivity index (χ0v) is 16.2. The van der Waals surface area contributed by atoms with Crippen LogP contribution in [0.25, 0.3) is 0 Å². The highest BCUT2D eigenvalue weighted by atomic mass is 16.4. The van der Waals surface area contributed by atoms with E-state index in [-0.39, 0.29) is 12.5 Å². The summed E-state index contributed by atoms with van der Waals surface area (Å²) in [7, 11) is 0. The molecule has 0 unspecified atom stereocenters. The molecule has 0 aliphatic rings. The Bertz CT molecular complexity index is 908. The minimum Gasteiger partial charge on any atom is -0.480 e. The van der Waals surface area contributed by atoms with Crippen LogP contribution in [0.15, 0.2) is 91.0 Å². The molecule has 0 radical (unpaired) electrons. The molecule has 0 aromatic heterocycles. The molecule has 0 heterocycles. The Morgan fingerprint density at radius 1 is 0.633 bits per heavy atom. The standard InChI is InChI=1S/C24H22N2O4/c27-21(25-17-22(28)29)16-26-23(30)24(18-10-4-1-5-11-18,19-12-6-2-7-13-19)20-14-8-3-9-15-20/h1-15H,16-17H2,(H,25,27)(H,26,30)(H,28,29). The predicted octanol–water partition coefficient (Wildman–Crippen LogP) is 2.34. The second-order valence-electron chi connectivity index (χ2n) is 6.70. The fraction of sp³-hybridized carbons (Fsp3) is 0.125. The molecule has 2 amide bonds. The number of carboxylic acids is 1. The average molecular weight is 402 g/mol. The van der Waals surface area contributed by atoms with E-state index < -0.39 is 23.8 Å². The molecular weight excluding hydrogens is 380 g/mol. The second-order valence-corrected chi connectivity index (χ2v) is 6.70. The van der Waals surface area contributed by atoms with Crippen LogP contribution in [0, 0.1) is 0 Å². The van der Waals surface area contributed by atoms with E-state index in [4.69, 9.17) is 5.11 Å². The number of hydrogen-bond acceptors (Lipinski definition) is 3. The van der Waals surface area contributed by atoms with E-state index in [9.17, 15) is 14.4 Å². The number of aliphatic carboxylic acids is 1. The van der Waals surface area contributed by atoms with Gasteiger partial charge in [-0.05, 0) is 16.7 Å². The van der Waals surface area contributed by atoms with Gasteiger partial charge in [0.15, 0.2) is 0 Å². The molecule has 3 aromatic carbocycles. The summed E-state index contributed by atoms with van der Waals surface area (Å²) in [4.78, 5) is 36.4. The van der Waals surface area contributed by atoms with E-state index in [1.165, 1.54) is 0 Å². The first-order valence-electron chi connectivity index (χ1n) is 9.48. The van der Waals surface area contributed by atoms with Crippen molar-refractivity contribution in [2.75, 3.05) is 13.1 Å². The van der Waals surface area contributed by atoms with E-state index >= 15 is 0 Å². The number of amides is 2. The van der Waals surface area contributed by atoms with E-state index in [1.54, 1.807) is 0 Å². The largest absolute Gasteiger partial charge is 0.480 e. The Labute approximate surface area is 174 Å². The van der Waals surface area contributed by atoms with Gasteiger partial charge < -0.3 is 15.7 Å². The zero-order valence-electron chi connectivity index (χ0n) is 16.2. The highest BCUT2D eigenvalue weighted by molar-refractivity contribution is 5.98. The molecule has 0 aliphatic heterocycles. The Morgan fingerprint density at radius 3 is 1.40 bits per heavy atom. The van der Waals surface area contributed by atoms with Crippen LogP contribution >= 0.6 is 0 Å². The van der Waals surface area contributed by atoms with Gasteiger partial charge in [-0.1, -0.05) is 91.0 Å². The van der Waals surface area contributed by atoms with Crippen LogP contribution in [-0.2, 0) is 19.8 Å². The molecule has 0 saturated heterocycles. The van der Waals surface area contributed by atoms with Gasteiger partial charge in [0.2, 0.25) is 11.8 Å². The predicted molar refractivity (Wildman–Crippen MR) is 113 cm³/mol. The highest BCUT2D eigenvalue weighted by Gasteiger charge is 2.43. The van der Waals surface area contributed by atoms with Crippen molar-refractivity contribution in [3.8, 4) is 0 Å². The summed E-state index contributed by atoms with van der Waals surface area (Å²) in [5.74, 6) is -2.10. The molecular formula is C24H22N2O4. The van der Waals surface area contributed by atoms with Crippen molar-refractivity contribution >= 4 is 17.8 Å². The van der Waals surface area contributed by atoms with E-state index in [0.29, 0.717) is 0 Å². The van der Waals surface area contributed by atoms with Crippen molar-refractivity contribution in [3.63, 3.8) is 0 Å². The van der Waals surface area contributed by atoms with Crippen molar-refractivity contribution < 1.29 is 19.5 Å². The van der Waals surface area contributed by atoms with Gasteiger partial charge in [-0.15, -0.1) is 0 Å². The number of carbonyl (C=O) groups is 3. The molecule has 3 aromatic rings. The molecule has 30 heavy (non-hydrogen) atoms. The number of hydrogen-bond donors (Lipinski definition) is 3. The number of rotatable bonds is 8. The lowest BCUT2D eigenvalue weighted by atomic mass is 9.68. The molecule has 0 spiro atoms. The Morgan fingerprint density at radius 2 is 1.03 bits per heavy atom. The summed E-state index contributed by atoms with van der Waals surface area (Å²) in [6, 6.07) is 28.1. The molecule has 0 bridgehead atoms. The van der Waals surface area contributed by atoms with Crippen molar-refractivity contribution in [2.45, 2.75) is 5.41 Å². The summed E-state index contributed by atoms with van der Waals surface area (Å²) in [6.07, 6.45) is 0. The van der Waals surface area contributed by atoms with Crippen molar-refractivity contribution in [1.29, 1.82) is 0 Å². The second kappa shape index (κ2) is 9.52. The quantitative estimate of drug-likeness (QED) is 0.504. The lowest BCUT2D eigenvalue weighted by Crippen LogP contribution is -2.49. The Kier molecular flexibility index (Phi) is 6.60. The van der Waals surface area contributed by atoms with E-state index in [2.05, 4.69) is 10.6 Å². The van der Waals surface area contributed by atoms with E-state index in [0.717, 1.165) is 16.7 Å². The Hall–Kier alpha value is -3.93. The van der Waals surface area contributed by atoms with E-state index in [1.807, 2.05) is 91.0 Å². The molecule has 0 saturated carbocycles. The maximum atomic E-state index is 13.7. The average Bonchev–Trinajstić information content (AvgIpc) is 2.79. The first-order chi connectivity index (χ1) is 14.5. The third kappa shape index (κ3) is 4.38. The third-order valence-corrected chi connectivity index (χ3v) is 4.81. The summed E-state index contributed by atoms with van der Waals surface area (Å²) >= 11 is 0. The molecule has 3 N–H and O–H groups in total. The minimum atomic E-state index is -1.18. The van der Waals surface area contributed by atoms with Crippen molar-refractivity contribution in [2.24, 2.45) is 0 Å². The third-order valence-electron chi connectivity index (χ3n) is 4.81. The smallest absolute Gasteiger partial charge is 0.322 e. The summed E-state index contributed by atoms with van der Waals surface area (Å²) in [5, 5.41) is 13.7. The number of carboxylic acid groups (broad SMARTS) is 1. The van der Waals surface area contributed by atoms with Crippen LogP contribution in [0.4, 0.5) is 0 Å².